The number of Topliss-reactive ketones (excluding diaryl/α,β-unsaturated/α-hetero) is 2. The van der Waals surface area contributed by atoms with E-state index in [9.17, 15) is 55.5 Å². The van der Waals surface area contributed by atoms with Gasteiger partial charge in [0, 0.05) is 18.2 Å². The molecule has 9 N–H and O–H groups in total. The molecule has 2 aliphatic heterocycles. The number of carbonyl (C=O) groups excluding carboxylic acids is 2. The van der Waals surface area contributed by atoms with Crippen LogP contribution in [0.1, 0.15) is 55.5 Å². The zero-order chi connectivity index (χ0) is 30.9. The van der Waals surface area contributed by atoms with Gasteiger partial charge < -0.3 is 55.4 Å². The lowest BCUT2D eigenvalue weighted by Crippen LogP contribution is -2.38. The van der Waals surface area contributed by atoms with Gasteiger partial charge in [0.25, 0.3) is 0 Å². The summed E-state index contributed by atoms with van der Waals surface area (Å²) >= 11 is 0. The average molecular weight is 590 g/mol. The number of benzene rings is 4. The minimum atomic E-state index is -1.93. The summed E-state index contributed by atoms with van der Waals surface area (Å²) in [5, 5.41) is 93.0. The van der Waals surface area contributed by atoms with Crippen LogP contribution >= 0.6 is 0 Å². The second-order valence-electron chi connectivity index (χ2n) is 10.1. The molecule has 13 nitrogen and oxygen atoms in total. The van der Waals surface area contributed by atoms with Crippen LogP contribution in [-0.2, 0) is 0 Å². The number of hydrogen-bond donors (Lipinski definition) is 9. The van der Waals surface area contributed by atoms with E-state index < -0.39 is 104 Å². The first-order chi connectivity index (χ1) is 20.4. The van der Waals surface area contributed by atoms with Crippen molar-refractivity contribution in [1.29, 1.82) is 0 Å². The van der Waals surface area contributed by atoms with Crippen molar-refractivity contribution in [2.24, 2.45) is 0 Å². The Morgan fingerprint density at radius 2 is 1.12 bits per heavy atom. The smallest absolute Gasteiger partial charge is 0.202 e. The molecule has 4 aromatic rings. The topological polar surface area (TPSA) is 235 Å². The minimum absolute atomic E-state index is 0.0141. The molecule has 0 aromatic heterocycles. The van der Waals surface area contributed by atoms with E-state index in [-0.39, 0.29) is 16.9 Å². The van der Waals surface area contributed by atoms with Crippen LogP contribution in [0, 0.1) is 0 Å². The Labute approximate surface area is 240 Å². The van der Waals surface area contributed by atoms with Crippen molar-refractivity contribution in [2.45, 2.75) is 24.2 Å². The summed E-state index contributed by atoms with van der Waals surface area (Å²) in [5.74, 6) is -9.20. The summed E-state index contributed by atoms with van der Waals surface area (Å²) in [7, 11) is 0. The number of carbonyl (C=O) groups is 2. The number of fused-ring (bicyclic) bond motifs is 2. The molecule has 0 saturated carbocycles. The van der Waals surface area contributed by atoms with Gasteiger partial charge in [0.15, 0.2) is 41.0 Å². The molecule has 13 heteroatoms. The Balaban J connectivity index is 1.60. The lowest BCUT2D eigenvalue weighted by Gasteiger charge is -2.37. The molecule has 0 radical (unpaired) electrons. The van der Waals surface area contributed by atoms with Crippen LogP contribution in [0.15, 0.2) is 54.6 Å². The summed E-state index contributed by atoms with van der Waals surface area (Å²) < 4.78 is 12.0. The highest BCUT2D eigenvalue weighted by Gasteiger charge is 2.48. The summed E-state index contributed by atoms with van der Waals surface area (Å²) in [5.41, 5.74) is -1.29. The second-order valence-corrected chi connectivity index (χ2v) is 10.1. The summed E-state index contributed by atoms with van der Waals surface area (Å²) in [6, 6.07) is 9.57. The van der Waals surface area contributed by atoms with Crippen LogP contribution in [0.3, 0.4) is 0 Å². The van der Waals surface area contributed by atoms with Crippen molar-refractivity contribution in [1.82, 2.24) is 0 Å². The number of aliphatic hydroxyl groups excluding tert-OH is 1. The zero-order valence-electron chi connectivity index (χ0n) is 21.7. The van der Waals surface area contributed by atoms with Gasteiger partial charge in [-0.3, -0.25) is 9.59 Å². The van der Waals surface area contributed by atoms with Gasteiger partial charge in [-0.15, -0.1) is 0 Å². The fraction of sp³-hybridized carbons (Fsp3) is 0.133. The quantitative estimate of drug-likeness (QED) is 0.156. The number of aliphatic hydroxyl groups is 1. The monoisotopic (exact) mass is 590 g/mol. The molecule has 2 aliphatic rings. The van der Waals surface area contributed by atoms with Crippen molar-refractivity contribution in [3.63, 3.8) is 0 Å². The van der Waals surface area contributed by atoms with E-state index in [1.54, 1.807) is 0 Å². The lowest BCUT2D eigenvalue weighted by atomic mass is 9.78. The molecule has 0 fully saturated rings. The minimum Gasteiger partial charge on any atom is -0.508 e. The fourth-order valence-electron chi connectivity index (χ4n) is 5.44. The molecular weight excluding hydrogens is 568 g/mol. The van der Waals surface area contributed by atoms with E-state index in [1.165, 1.54) is 12.1 Å². The molecule has 0 saturated heterocycles. The summed E-state index contributed by atoms with van der Waals surface area (Å²) in [4.78, 5) is 27.5. The molecule has 2 heterocycles. The van der Waals surface area contributed by atoms with Gasteiger partial charge in [-0.2, -0.15) is 0 Å². The number of phenols is 8. The number of ketones is 2. The van der Waals surface area contributed by atoms with Gasteiger partial charge in [-0.1, -0.05) is 12.1 Å². The fourth-order valence-corrected chi connectivity index (χ4v) is 5.44. The van der Waals surface area contributed by atoms with Crippen LogP contribution in [0.4, 0.5) is 0 Å². The lowest BCUT2D eigenvalue weighted by molar-refractivity contribution is 0.0196. The predicted molar refractivity (Wildman–Crippen MR) is 143 cm³/mol. The maximum atomic E-state index is 14.1. The molecule has 4 atom stereocenters. The Morgan fingerprint density at radius 1 is 0.535 bits per heavy atom. The van der Waals surface area contributed by atoms with Crippen molar-refractivity contribution in [2.75, 3.05) is 0 Å². The number of rotatable bonds is 3. The van der Waals surface area contributed by atoms with Gasteiger partial charge in [0.2, 0.25) is 5.78 Å². The molecule has 0 amide bonds. The van der Waals surface area contributed by atoms with E-state index in [4.69, 9.17) is 9.47 Å². The first-order valence-corrected chi connectivity index (χ1v) is 12.7. The Hall–Kier alpha value is -5.82. The highest BCUT2D eigenvalue weighted by atomic mass is 16.5. The predicted octanol–water partition coefficient (Wildman–Crippen LogP) is 3.11. The van der Waals surface area contributed by atoms with E-state index >= 15 is 0 Å². The van der Waals surface area contributed by atoms with Crippen molar-refractivity contribution < 1.29 is 65.0 Å². The van der Waals surface area contributed by atoms with E-state index in [0.717, 1.165) is 42.5 Å². The summed E-state index contributed by atoms with van der Waals surface area (Å²) in [6.07, 6.45) is -4.94. The molecule has 4 aromatic carbocycles. The number of aromatic hydroxyl groups is 8. The van der Waals surface area contributed by atoms with Gasteiger partial charge in [-0.05, 0) is 35.4 Å². The molecule has 43 heavy (non-hydrogen) atoms. The zero-order valence-corrected chi connectivity index (χ0v) is 21.7. The molecule has 0 unspecified atom stereocenters. The third-order valence-corrected chi connectivity index (χ3v) is 7.44. The SMILES string of the molecule is O=C1c2c(O)cc(O)c([C@@H]3C(=O)c4c(O)cc(O)cc4O[C@H]3c3ccc(O)c(O)c3)c2O[C@@H](c2ccc(O)c(O)c2)[C@H]1O. The molecule has 0 spiro atoms. The van der Waals surface area contributed by atoms with Crippen LogP contribution in [-0.4, -0.2) is 63.6 Å². The number of phenolic OH excluding ortho intramolecular Hbond substituents is 8. The van der Waals surface area contributed by atoms with E-state index in [0.29, 0.717) is 0 Å². The highest BCUT2D eigenvalue weighted by molar-refractivity contribution is 6.10. The maximum absolute atomic E-state index is 14.1. The number of hydrogen-bond acceptors (Lipinski definition) is 13. The van der Waals surface area contributed by atoms with E-state index in [1.807, 2.05) is 0 Å². The average Bonchev–Trinajstić information content (AvgIpc) is 2.93. The van der Waals surface area contributed by atoms with Gasteiger partial charge >= 0.3 is 0 Å². The first-order valence-electron chi connectivity index (χ1n) is 12.7. The Kier molecular flexibility index (Phi) is 6.13. The van der Waals surface area contributed by atoms with Crippen LogP contribution < -0.4 is 9.47 Å². The summed E-state index contributed by atoms with van der Waals surface area (Å²) in [6.45, 7) is 0. The van der Waals surface area contributed by atoms with Gasteiger partial charge in [-0.25, -0.2) is 0 Å². The van der Waals surface area contributed by atoms with Crippen molar-refractivity contribution in [3.05, 3.63) is 82.4 Å². The molecular formula is C30H22O13. The molecule has 6 rings (SSSR count). The third-order valence-electron chi connectivity index (χ3n) is 7.44. The molecule has 0 bridgehead atoms. The van der Waals surface area contributed by atoms with Crippen LogP contribution in [0.25, 0.3) is 0 Å². The second kappa shape index (κ2) is 9.63. The Morgan fingerprint density at radius 3 is 1.72 bits per heavy atom. The maximum Gasteiger partial charge on any atom is 0.202 e. The van der Waals surface area contributed by atoms with Crippen molar-refractivity contribution >= 4 is 11.6 Å². The van der Waals surface area contributed by atoms with Crippen LogP contribution in [0.2, 0.25) is 0 Å². The van der Waals surface area contributed by atoms with Crippen LogP contribution in [0.5, 0.6) is 57.5 Å². The molecule has 0 aliphatic carbocycles. The van der Waals surface area contributed by atoms with E-state index in [2.05, 4.69) is 0 Å². The molecule has 220 valence electrons. The van der Waals surface area contributed by atoms with Gasteiger partial charge in [0.1, 0.15) is 51.7 Å². The third kappa shape index (κ3) is 4.21. The largest absolute Gasteiger partial charge is 0.508 e. The van der Waals surface area contributed by atoms with Gasteiger partial charge in [0.05, 0.1) is 11.5 Å². The standard InChI is InChI=1S/C30H22O13/c31-12-7-17(36)21-20(8-12)42-28(10-1-3-13(32)15(34)5-10)24(25(21)39)22-18(37)9-19(38)23-26(40)27(41)29(43-30(22)23)11-2-4-14(33)16(35)6-11/h1-9,24,27-29,31-38,41H/t24-,27+,28+,29+/m1/s1. The first kappa shape index (κ1) is 27.4. The highest BCUT2D eigenvalue weighted by Crippen LogP contribution is 2.55. The normalized spacial score (nSPS) is 21.0. The number of ether oxygens (including phenoxy) is 2. The van der Waals surface area contributed by atoms with Crippen molar-refractivity contribution in [3.8, 4) is 57.5 Å². The Bertz CT molecular complexity index is 1850.